The minimum atomic E-state index is -0.0128. The standard InChI is InChI=1S/C12H18N2O/c1-8-5-11(9(2)13)14-6-12(8)15-7-10-3-4-10/h5-6,9-10H,3-4,7,13H2,1-2H3. The van der Waals surface area contributed by atoms with Gasteiger partial charge in [-0.3, -0.25) is 4.98 Å². The smallest absolute Gasteiger partial charge is 0.140 e. The summed E-state index contributed by atoms with van der Waals surface area (Å²) in [6.45, 7) is 4.81. The first-order chi connectivity index (χ1) is 7.16. The van der Waals surface area contributed by atoms with Crippen molar-refractivity contribution >= 4 is 0 Å². The quantitative estimate of drug-likeness (QED) is 0.821. The van der Waals surface area contributed by atoms with Crippen LogP contribution in [0, 0.1) is 12.8 Å². The van der Waals surface area contributed by atoms with Gasteiger partial charge in [0.25, 0.3) is 0 Å². The summed E-state index contributed by atoms with van der Waals surface area (Å²) in [7, 11) is 0. The van der Waals surface area contributed by atoms with Crippen molar-refractivity contribution in [3.05, 3.63) is 23.5 Å². The van der Waals surface area contributed by atoms with E-state index in [0.29, 0.717) is 0 Å². The first kappa shape index (κ1) is 10.4. The highest BCUT2D eigenvalue weighted by atomic mass is 16.5. The molecular formula is C12H18N2O. The van der Waals surface area contributed by atoms with E-state index < -0.39 is 0 Å². The third-order valence-corrected chi connectivity index (χ3v) is 2.72. The Morgan fingerprint density at radius 1 is 1.60 bits per heavy atom. The zero-order chi connectivity index (χ0) is 10.8. The number of hydrogen-bond donors (Lipinski definition) is 1. The number of aryl methyl sites for hydroxylation is 1. The summed E-state index contributed by atoms with van der Waals surface area (Å²) < 4.78 is 5.69. The van der Waals surface area contributed by atoms with Crippen molar-refractivity contribution in [3.63, 3.8) is 0 Å². The van der Waals surface area contributed by atoms with Crippen molar-refractivity contribution in [3.8, 4) is 5.75 Å². The van der Waals surface area contributed by atoms with Gasteiger partial charge in [0.1, 0.15) is 5.75 Å². The van der Waals surface area contributed by atoms with E-state index in [-0.39, 0.29) is 6.04 Å². The topological polar surface area (TPSA) is 48.1 Å². The number of ether oxygens (including phenoxy) is 1. The molecule has 1 fully saturated rings. The van der Waals surface area contributed by atoms with Gasteiger partial charge in [-0.2, -0.15) is 0 Å². The van der Waals surface area contributed by atoms with Gasteiger partial charge < -0.3 is 10.5 Å². The Balaban J connectivity index is 2.04. The lowest BCUT2D eigenvalue weighted by molar-refractivity contribution is 0.296. The van der Waals surface area contributed by atoms with Crippen LogP contribution in [0.2, 0.25) is 0 Å². The number of nitrogens with two attached hydrogens (primary N) is 1. The molecule has 1 unspecified atom stereocenters. The van der Waals surface area contributed by atoms with E-state index in [1.807, 2.05) is 19.9 Å². The van der Waals surface area contributed by atoms with Crippen molar-refractivity contribution < 1.29 is 4.74 Å². The Bertz CT molecular complexity index is 345. The molecule has 1 aromatic rings. The molecule has 1 aliphatic carbocycles. The number of nitrogens with zero attached hydrogens (tertiary/aromatic N) is 1. The van der Waals surface area contributed by atoms with E-state index in [2.05, 4.69) is 4.98 Å². The summed E-state index contributed by atoms with van der Waals surface area (Å²) >= 11 is 0. The maximum Gasteiger partial charge on any atom is 0.140 e. The largest absolute Gasteiger partial charge is 0.491 e. The molecule has 0 spiro atoms. The maximum absolute atomic E-state index is 5.76. The first-order valence-electron chi connectivity index (χ1n) is 5.51. The highest BCUT2D eigenvalue weighted by Crippen LogP contribution is 2.30. The lowest BCUT2D eigenvalue weighted by Crippen LogP contribution is -2.08. The molecule has 1 atom stereocenters. The second-order valence-corrected chi connectivity index (χ2v) is 4.42. The van der Waals surface area contributed by atoms with Crippen LogP contribution >= 0.6 is 0 Å². The SMILES string of the molecule is Cc1cc(C(C)N)ncc1OCC1CC1. The van der Waals surface area contributed by atoms with Crippen LogP contribution in [-0.4, -0.2) is 11.6 Å². The molecule has 1 aliphatic rings. The Labute approximate surface area is 90.7 Å². The molecule has 1 aromatic heterocycles. The second-order valence-electron chi connectivity index (χ2n) is 4.42. The molecule has 0 bridgehead atoms. The van der Waals surface area contributed by atoms with Gasteiger partial charge in [-0.25, -0.2) is 0 Å². The van der Waals surface area contributed by atoms with Gasteiger partial charge >= 0.3 is 0 Å². The van der Waals surface area contributed by atoms with Crippen LogP contribution in [0.1, 0.15) is 37.1 Å². The Morgan fingerprint density at radius 3 is 2.87 bits per heavy atom. The Kier molecular flexibility index (Phi) is 2.91. The monoisotopic (exact) mass is 206 g/mol. The summed E-state index contributed by atoms with van der Waals surface area (Å²) in [5.41, 5.74) is 7.81. The van der Waals surface area contributed by atoms with Crippen molar-refractivity contribution in [1.29, 1.82) is 0 Å². The fraction of sp³-hybridized carbons (Fsp3) is 0.583. The molecule has 82 valence electrons. The molecular weight excluding hydrogens is 188 g/mol. The van der Waals surface area contributed by atoms with E-state index in [4.69, 9.17) is 10.5 Å². The van der Waals surface area contributed by atoms with E-state index in [1.54, 1.807) is 6.20 Å². The summed E-state index contributed by atoms with van der Waals surface area (Å²) in [6, 6.07) is 1.99. The molecule has 0 saturated heterocycles. The van der Waals surface area contributed by atoms with Gasteiger partial charge in [-0.05, 0) is 44.2 Å². The van der Waals surface area contributed by atoms with Crippen LogP contribution in [0.3, 0.4) is 0 Å². The lowest BCUT2D eigenvalue weighted by atomic mass is 10.1. The molecule has 0 amide bonds. The molecule has 0 aromatic carbocycles. The van der Waals surface area contributed by atoms with Gasteiger partial charge in [0.05, 0.1) is 18.5 Å². The fourth-order valence-corrected chi connectivity index (χ4v) is 1.46. The van der Waals surface area contributed by atoms with E-state index in [9.17, 15) is 0 Å². The molecule has 3 heteroatoms. The van der Waals surface area contributed by atoms with Crippen molar-refractivity contribution in [2.24, 2.45) is 11.7 Å². The average Bonchev–Trinajstić information content (AvgIpc) is 2.99. The van der Waals surface area contributed by atoms with Crippen molar-refractivity contribution in [2.75, 3.05) is 6.61 Å². The summed E-state index contributed by atoms with van der Waals surface area (Å²) in [6.07, 6.45) is 4.41. The third-order valence-electron chi connectivity index (χ3n) is 2.72. The lowest BCUT2D eigenvalue weighted by Gasteiger charge is -2.10. The second kappa shape index (κ2) is 4.19. The molecule has 15 heavy (non-hydrogen) atoms. The highest BCUT2D eigenvalue weighted by molar-refractivity contribution is 5.31. The zero-order valence-corrected chi connectivity index (χ0v) is 9.36. The van der Waals surface area contributed by atoms with Crippen LogP contribution in [0.4, 0.5) is 0 Å². The summed E-state index contributed by atoms with van der Waals surface area (Å²) in [5, 5.41) is 0. The Hall–Kier alpha value is -1.09. The van der Waals surface area contributed by atoms with Gasteiger partial charge in [0.2, 0.25) is 0 Å². The van der Waals surface area contributed by atoms with Crippen LogP contribution in [0.25, 0.3) is 0 Å². The van der Waals surface area contributed by atoms with Gasteiger partial charge in [-0.15, -0.1) is 0 Å². The van der Waals surface area contributed by atoms with Crippen LogP contribution < -0.4 is 10.5 Å². The molecule has 2 rings (SSSR count). The van der Waals surface area contributed by atoms with Gasteiger partial charge in [0, 0.05) is 6.04 Å². The van der Waals surface area contributed by atoms with Crippen molar-refractivity contribution in [2.45, 2.75) is 32.7 Å². The molecule has 1 heterocycles. The van der Waals surface area contributed by atoms with Crippen LogP contribution in [0.5, 0.6) is 5.75 Å². The van der Waals surface area contributed by atoms with Gasteiger partial charge in [-0.1, -0.05) is 0 Å². The fourth-order valence-electron chi connectivity index (χ4n) is 1.46. The van der Waals surface area contributed by atoms with E-state index >= 15 is 0 Å². The molecule has 0 radical (unpaired) electrons. The third kappa shape index (κ3) is 2.69. The van der Waals surface area contributed by atoms with E-state index in [1.165, 1.54) is 12.8 Å². The van der Waals surface area contributed by atoms with E-state index in [0.717, 1.165) is 29.5 Å². The van der Waals surface area contributed by atoms with Crippen LogP contribution in [-0.2, 0) is 0 Å². The molecule has 2 N–H and O–H groups in total. The minimum Gasteiger partial charge on any atom is -0.491 e. The summed E-state index contributed by atoms with van der Waals surface area (Å²) in [5.74, 6) is 1.67. The molecule has 0 aliphatic heterocycles. The molecule has 1 saturated carbocycles. The predicted octanol–water partition coefficient (Wildman–Crippen LogP) is 2.20. The average molecular weight is 206 g/mol. The minimum absolute atomic E-state index is 0.0128. The zero-order valence-electron chi connectivity index (χ0n) is 9.36. The number of aromatic nitrogens is 1. The predicted molar refractivity (Wildman–Crippen MR) is 59.8 cm³/mol. The Morgan fingerprint density at radius 2 is 2.33 bits per heavy atom. The first-order valence-corrected chi connectivity index (χ1v) is 5.51. The van der Waals surface area contributed by atoms with Gasteiger partial charge in [0.15, 0.2) is 0 Å². The highest BCUT2D eigenvalue weighted by Gasteiger charge is 2.22. The summed E-state index contributed by atoms with van der Waals surface area (Å²) in [4.78, 5) is 4.29. The van der Waals surface area contributed by atoms with Crippen LogP contribution in [0.15, 0.2) is 12.3 Å². The maximum atomic E-state index is 5.76. The number of rotatable bonds is 4. The molecule has 3 nitrogen and oxygen atoms in total. The number of pyridine rings is 1. The van der Waals surface area contributed by atoms with Crippen molar-refractivity contribution in [1.82, 2.24) is 4.98 Å². The number of hydrogen-bond acceptors (Lipinski definition) is 3. The normalized spacial score (nSPS) is 17.5.